The molecule has 1 atom stereocenters. The molecule has 0 radical (unpaired) electrons. The first-order chi connectivity index (χ1) is 21.1. The first-order valence-electron chi connectivity index (χ1n) is 13.6. The Morgan fingerprint density at radius 1 is 0.955 bits per heavy atom. The molecule has 7 nitrogen and oxygen atoms in total. The number of aromatic nitrogens is 1. The van der Waals surface area contributed by atoms with Crippen molar-refractivity contribution in [1.82, 2.24) is 10.3 Å². The topological polar surface area (TPSA) is 104 Å². The lowest BCUT2D eigenvalue weighted by Gasteiger charge is -2.15. The van der Waals surface area contributed by atoms with E-state index in [2.05, 4.69) is 15.6 Å². The SMILES string of the molecule is CNC(=O)c1c(-c2ccc(F)cc2)oc2nc(NCC(F)(F)F)c(-c3cccc(C(=O)C[C@@H](CO)c4ccccc4)c3)cc12. The average molecular weight is 606 g/mol. The van der Waals surface area contributed by atoms with Crippen LogP contribution < -0.4 is 10.6 Å². The number of halogens is 4. The van der Waals surface area contributed by atoms with E-state index in [-0.39, 0.29) is 58.2 Å². The van der Waals surface area contributed by atoms with Crippen molar-refractivity contribution < 1.29 is 36.7 Å². The maximum absolute atomic E-state index is 13.6. The molecular weight excluding hydrogens is 578 g/mol. The summed E-state index contributed by atoms with van der Waals surface area (Å²) in [6.07, 6.45) is -4.57. The average Bonchev–Trinajstić information content (AvgIpc) is 3.40. The zero-order valence-electron chi connectivity index (χ0n) is 23.4. The van der Waals surface area contributed by atoms with Gasteiger partial charge >= 0.3 is 6.18 Å². The number of fused-ring (bicyclic) bond motifs is 1. The number of aliphatic hydroxyl groups excluding tert-OH is 1. The molecular formula is C33H27F4N3O4. The second-order valence-electron chi connectivity index (χ2n) is 10.1. The predicted octanol–water partition coefficient (Wildman–Crippen LogP) is 6.98. The van der Waals surface area contributed by atoms with Crippen molar-refractivity contribution in [1.29, 1.82) is 0 Å². The van der Waals surface area contributed by atoms with Crippen molar-refractivity contribution in [3.05, 3.63) is 107 Å². The van der Waals surface area contributed by atoms with Crippen molar-refractivity contribution in [2.45, 2.75) is 18.5 Å². The summed E-state index contributed by atoms with van der Waals surface area (Å²) in [5.74, 6) is -1.90. The summed E-state index contributed by atoms with van der Waals surface area (Å²) in [7, 11) is 1.41. The molecule has 2 aromatic heterocycles. The molecule has 3 N–H and O–H groups in total. The van der Waals surface area contributed by atoms with Crippen LogP contribution >= 0.6 is 0 Å². The van der Waals surface area contributed by atoms with E-state index >= 15 is 0 Å². The summed E-state index contributed by atoms with van der Waals surface area (Å²) in [6, 6.07) is 22.1. The van der Waals surface area contributed by atoms with E-state index in [0.717, 1.165) is 5.56 Å². The standard InChI is InChI=1S/C33H27F4N3O4/c1-38-31(43)28-26-16-25(21-8-5-9-22(14-21)27(42)15-23(17-41)19-6-3-2-4-7-19)30(39-18-33(35,36)37)40-32(26)44-29(28)20-10-12-24(34)13-11-20/h2-14,16,23,41H,15,17-18H2,1H3,(H,38,43)(H,39,40)/t23-/m0/s1. The molecule has 5 rings (SSSR count). The number of aliphatic hydroxyl groups is 1. The number of benzene rings is 3. The lowest BCUT2D eigenvalue weighted by atomic mass is 9.91. The lowest BCUT2D eigenvalue weighted by molar-refractivity contribution is -0.115. The molecule has 5 aromatic rings. The summed E-state index contributed by atoms with van der Waals surface area (Å²) in [6.45, 7) is -1.65. The zero-order chi connectivity index (χ0) is 31.4. The number of carbonyl (C=O) groups is 2. The molecule has 0 aliphatic rings. The van der Waals surface area contributed by atoms with E-state index in [9.17, 15) is 32.3 Å². The number of nitrogens with one attached hydrogen (secondary N) is 2. The molecule has 11 heteroatoms. The first-order valence-corrected chi connectivity index (χ1v) is 13.6. The predicted molar refractivity (Wildman–Crippen MR) is 158 cm³/mol. The van der Waals surface area contributed by atoms with Gasteiger partial charge in [-0.25, -0.2) is 4.39 Å². The van der Waals surface area contributed by atoms with Crippen LogP contribution in [0, 0.1) is 5.82 Å². The van der Waals surface area contributed by atoms with Crippen LogP contribution in [0.25, 0.3) is 33.6 Å². The summed E-state index contributed by atoms with van der Waals surface area (Å²) < 4.78 is 59.3. The van der Waals surface area contributed by atoms with Crippen LogP contribution in [0.3, 0.4) is 0 Å². The molecule has 0 unspecified atom stereocenters. The fraction of sp³-hybridized carbons (Fsp3) is 0.182. The fourth-order valence-electron chi connectivity index (χ4n) is 4.93. The molecule has 226 valence electrons. The van der Waals surface area contributed by atoms with Gasteiger partial charge in [0.15, 0.2) is 5.78 Å². The Labute approximate surface area is 249 Å². The third-order valence-corrected chi connectivity index (χ3v) is 7.12. The normalized spacial score (nSPS) is 12.2. The Morgan fingerprint density at radius 2 is 1.68 bits per heavy atom. The maximum atomic E-state index is 13.6. The van der Waals surface area contributed by atoms with Crippen LogP contribution in [0.4, 0.5) is 23.4 Å². The number of hydrogen-bond donors (Lipinski definition) is 3. The van der Waals surface area contributed by atoms with Gasteiger partial charge in [-0.05, 0) is 47.5 Å². The molecule has 0 aliphatic heterocycles. The molecule has 0 saturated heterocycles. The smallest absolute Gasteiger partial charge is 0.405 e. The van der Waals surface area contributed by atoms with E-state index in [4.69, 9.17) is 4.42 Å². The first kappa shape index (κ1) is 30.4. The highest BCUT2D eigenvalue weighted by atomic mass is 19.4. The third kappa shape index (κ3) is 6.63. The minimum Gasteiger partial charge on any atom is -0.437 e. The largest absolute Gasteiger partial charge is 0.437 e. The lowest BCUT2D eigenvalue weighted by Crippen LogP contribution is -2.22. The van der Waals surface area contributed by atoms with E-state index < -0.39 is 30.4 Å². The Hall–Kier alpha value is -5.03. The highest BCUT2D eigenvalue weighted by molar-refractivity contribution is 6.11. The van der Waals surface area contributed by atoms with E-state index in [1.165, 1.54) is 43.4 Å². The minimum absolute atomic E-state index is 0.00398. The quantitative estimate of drug-likeness (QED) is 0.117. The van der Waals surface area contributed by atoms with Crippen molar-refractivity contribution >= 4 is 28.6 Å². The molecule has 3 aromatic carbocycles. The van der Waals surface area contributed by atoms with Gasteiger partial charge in [-0.15, -0.1) is 0 Å². The summed E-state index contributed by atoms with van der Waals surface area (Å²) >= 11 is 0. The number of nitrogens with zero attached hydrogens (tertiary/aromatic N) is 1. The van der Waals surface area contributed by atoms with Gasteiger partial charge in [0, 0.05) is 36.1 Å². The van der Waals surface area contributed by atoms with Crippen LogP contribution in [0.15, 0.2) is 89.3 Å². The number of furan rings is 1. The number of anilines is 1. The van der Waals surface area contributed by atoms with Crippen LogP contribution in [-0.2, 0) is 0 Å². The van der Waals surface area contributed by atoms with E-state index in [0.29, 0.717) is 11.1 Å². The minimum atomic E-state index is -4.57. The molecule has 44 heavy (non-hydrogen) atoms. The number of carbonyl (C=O) groups excluding carboxylic acids is 2. The van der Waals surface area contributed by atoms with Crippen molar-refractivity contribution in [2.75, 3.05) is 25.5 Å². The Balaban J connectivity index is 1.62. The highest BCUT2D eigenvalue weighted by Gasteiger charge is 2.29. The van der Waals surface area contributed by atoms with Crippen molar-refractivity contribution in [2.24, 2.45) is 0 Å². The van der Waals surface area contributed by atoms with E-state index in [1.807, 2.05) is 30.3 Å². The molecule has 0 saturated carbocycles. The van der Waals surface area contributed by atoms with Gasteiger partial charge in [-0.1, -0.05) is 48.5 Å². The third-order valence-electron chi connectivity index (χ3n) is 7.12. The van der Waals surface area contributed by atoms with Gasteiger partial charge in [-0.2, -0.15) is 18.2 Å². The summed E-state index contributed by atoms with van der Waals surface area (Å²) in [5, 5.41) is 15.0. The number of amides is 1. The summed E-state index contributed by atoms with van der Waals surface area (Å²) in [4.78, 5) is 30.7. The number of rotatable bonds is 10. The number of Topliss-reactive ketones (excluding diaryl/α,β-unsaturated/α-hetero) is 1. The van der Waals surface area contributed by atoms with Crippen LogP contribution in [0.1, 0.15) is 38.6 Å². The Kier molecular flexibility index (Phi) is 8.77. The van der Waals surface area contributed by atoms with Crippen molar-refractivity contribution in [3.8, 4) is 22.5 Å². The molecule has 2 heterocycles. The zero-order valence-corrected chi connectivity index (χ0v) is 23.4. The highest BCUT2D eigenvalue weighted by Crippen LogP contribution is 2.38. The van der Waals surface area contributed by atoms with Crippen LogP contribution in [0.5, 0.6) is 0 Å². The molecule has 0 bridgehead atoms. The number of alkyl halides is 3. The second kappa shape index (κ2) is 12.7. The van der Waals surface area contributed by atoms with Gasteiger partial charge < -0.3 is 20.2 Å². The molecule has 0 aliphatic carbocycles. The van der Waals surface area contributed by atoms with Crippen LogP contribution in [0.2, 0.25) is 0 Å². The van der Waals surface area contributed by atoms with Gasteiger partial charge in [0.05, 0.1) is 17.6 Å². The summed E-state index contributed by atoms with van der Waals surface area (Å²) in [5.41, 5.74) is 1.94. The van der Waals surface area contributed by atoms with Crippen molar-refractivity contribution in [3.63, 3.8) is 0 Å². The fourth-order valence-corrected chi connectivity index (χ4v) is 4.93. The molecule has 0 fully saturated rings. The van der Waals surface area contributed by atoms with Gasteiger partial charge in [-0.3, -0.25) is 9.59 Å². The van der Waals surface area contributed by atoms with Gasteiger partial charge in [0.1, 0.15) is 23.9 Å². The Morgan fingerprint density at radius 3 is 2.34 bits per heavy atom. The van der Waals surface area contributed by atoms with Crippen LogP contribution in [-0.4, -0.2) is 48.2 Å². The molecule has 1 amide bonds. The number of hydrogen-bond acceptors (Lipinski definition) is 6. The Bertz CT molecular complexity index is 1800. The molecule has 0 spiro atoms. The van der Waals surface area contributed by atoms with Gasteiger partial charge in [0.2, 0.25) is 5.71 Å². The number of pyridine rings is 1. The van der Waals surface area contributed by atoms with E-state index in [1.54, 1.807) is 18.2 Å². The maximum Gasteiger partial charge on any atom is 0.405 e. The monoisotopic (exact) mass is 605 g/mol. The van der Waals surface area contributed by atoms with Gasteiger partial charge in [0.25, 0.3) is 5.91 Å². The second-order valence-corrected chi connectivity index (χ2v) is 10.1. The number of ketones is 1.